The van der Waals surface area contributed by atoms with Crippen LogP contribution in [0.5, 0.6) is 0 Å². The molecule has 0 aliphatic carbocycles. The van der Waals surface area contributed by atoms with Gasteiger partial charge in [-0.2, -0.15) is 0 Å². The molecule has 2 aromatic heterocycles. The molecule has 30 heavy (non-hydrogen) atoms. The lowest BCUT2D eigenvalue weighted by atomic mass is 9.83. The van der Waals surface area contributed by atoms with Gasteiger partial charge in [0.15, 0.2) is 0 Å². The predicted octanol–water partition coefficient (Wildman–Crippen LogP) is 3.00. The zero-order valence-electron chi connectivity index (χ0n) is 17.2. The minimum Gasteiger partial charge on any atom is -0.338 e. The minimum atomic E-state index is -0.0685. The van der Waals surface area contributed by atoms with E-state index in [1.165, 1.54) is 0 Å². The molecule has 2 aliphatic rings. The Bertz CT molecular complexity index is 1270. The Morgan fingerprint density at radius 3 is 2.50 bits per heavy atom. The Labute approximate surface area is 174 Å². The van der Waals surface area contributed by atoms with E-state index in [2.05, 4.69) is 0 Å². The summed E-state index contributed by atoms with van der Waals surface area (Å²) in [6.07, 6.45) is 2.72. The van der Waals surface area contributed by atoms with Gasteiger partial charge in [-0.25, -0.2) is 0 Å². The molecule has 2 bridgehead atoms. The number of likely N-dealkylation sites (tertiary alicyclic amines) is 1. The number of nitrogens with zero attached hydrogens (tertiary/aromatic N) is 3. The van der Waals surface area contributed by atoms with Crippen molar-refractivity contribution < 1.29 is 4.79 Å². The molecule has 0 N–H and O–H groups in total. The van der Waals surface area contributed by atoms with Crippen molar-refractivity contribution in [3.05, 3.63) is 80.6 Å². The summed E-state index contributed by atoms with van der Waals surface area (Å²) >= 11 is 0. The van der Waals surface area contributed by atoms with Gasteiger partial charge in [0.05, 0.1) is 5.56 Å². The Kier molecular flexibility index (Phi) is 4.38. The predicted molar refractivity (Wildman–Crippen MR) is 116 cm³/mol. The number of hydrogen-bond acceptors (Lipinski definition) is 3. The van der Waals surface area contributed by atoms with E-state index in [9.17, 15) is 14.4 Å². The third-order valence-corrected chi connectivity index (χ3v) is 6.50. The number of rotatable bonds is 2. The van der Waals surface area contributed by atoms with Crippen LogP contribution in [0.3, 0.4) is 0 Å². The molecule has 2 atom stereocenters. The molecule has 4 heterocycles. The fraction of sp³-hybridized carbons (Fsp3) is 0.375. The van der Waals surface area contributed by atoms with E-state index in [1.54, 1.807) is 29.0 Å². The van der Waals surface area contributed by atoms with Gasteiger partial charge in [-0.1, -0.05) is 24.3 Å². The van der Waals surface area contributed by atoms with Crippen molar-refractivity contribution in [2.75, 3.05) is 13.1 Å². The normalized spacial score (nSPS) is 20.4. The van der Waals surface area contributed by atoms with Crippen LogP contribution in [0.4, 0.5) is 0 Å². The second kappa shape index (κ2) is 6.97. The first kappa shape index (κ1) is 18.9. The lowest BCUT2D eigenvalue weighted by Gasteiger charge is -2.42. The van der Waals surface area contributed by atoms with Gasteiger partial charge in [0.1, 0.15) is 0 Å². The molecular weight excluding hydrogens is 378 g/mol. The fourth-order valence-electron chi connectivity index (χ4n) is 5.10. The molecular formula is C24H25N3O3. The van der Waals surface area contributed by atoms with Crippen LogP contribution in [-0.4, -0.2) is 33.0 Å². The van der Waals surface area contributed by atoms with E-state index in [1.807, 2.05) is 47.6 Å². The molecule has 2 aliphatic heterocycles. The molecule has 1 saturated heterocycles. The van der Waals surface area contributed by atoms with Crippen LogP contribution in [0, 0.1) is 5.92 Å². The van der Waals surface area contributed by atoms with Crippen LogP contribution in [0.15, 0.2) is 58.3 Å². The van der Waals surface area contributed by atoms with Crippen molar-refractivity contribution in [2.45, 2.75) is 38.8 Å². The summed E-state index contributed by atoms with van der Waals surface area (Å²) in [6, 6.07) is 12.7. The summed E-state index contributed by atoms with van der Waals surface area (Å²) in [6.45, 7) is 5.77. The standard InChI is InChI=1S/C24H25N3O3/c1-15(2)26-14-20(18-6-3-4-7-19(18)24(26)30)23(29)25-11-16-10-17(13-25)21-8-5-9-22(28)27(21)12-16/h3-9,14-17H,10-13H2,1-2H3. The highest BCUT2D eigenvalue weighted by Crippen LogP contribution is 2.35. The SMILES string of the molecule is CC(C)n1cc(C(=O)N2CC3CC(C2)c2cccc(=O)n2C3)c2ccccc2c1=O. The summed E-state index contributed by atoms with van der Waals surface area (Å²) in [7, 11) is 0. The third kappa shape index (κ3) is 2.90. The topological polar surface area (TPSA) is 64.3 Å². The molecule has 1 fully saturated rings. The van der Waals surface area contributed by atoms with Gasteiger partial charge < -0.3 is 14.0 Å². The molecule has 6 heteroatoms. The van der Waals surface area contributed by atoms with Crippen molar-refractivity contribution in [1.82, 2.24) is 14.0 Å². The van der Waals surface area contributed by atoms with E-state index in [-0.39, 0.29) is 34.9 Å². The van der Waals surface area contributed by atoms with Crippen molar-refractivity contribution in [2.24, 2.45) is 5.92 Å². The summed E-state index contributed by atoms with van der Waals surface area (Å²) in [5, 5.41) is 1.28. The maximum atomic E-state index is 13.7. The number of hydrogen-bond donors (Lipinski definition) is 0. The summed E-state index contributed by atoms with van der Waals surface area (Å²) in [5.41, 5.74) is 1.57. The molecule has 154 valence electrons. The van der Waals surface area contributed by atoms with E-state index < -0.39 is 0 Å². The highest BCUT2D eigenvalue weighted by atomic mass is 16.2. The highest BCUT2D eigenvalue weighted by Gasteiger charge is 2.37. The molecule has 6 nitrogen and oxygen atoms in total. The minimum absolute atomic E-state index is 0.0341. The highest BCUT2D eigenvalue weighted by molar-refractivity contribution is 6.06. The van der Waals surface area contributed by atoms with Crippen LogP contribution in [0.25, 0.3) is 10.8 Å². The van der Waals surface area contributed by atoms with Gasteiger partial charge in [0, 0.05) is 60.3 Å². The van der Waals surface area contributed by atoms with Gasteiger partial charge >= 0.3 is 0 Å². The van der Waals surface area contributed by atoms with Crippen LogP contribution >= 0.6 is 0 Å². The molecule has 0 saturated carbocycles. The molecule has 3 aromatic rings. The Hall–Kier alpha value is -3.15. The van der Waals surface area contributed by atoms with Crippen LogP contribution in [0.2, 0.25) is 0 Å². The Morgan fingerprint density at radius 2 is 1.73 bits per heavy atom. The largest absolute Gasteiger partial charge is 0.338 e. The molecule has 0 radical (unpaired) electrons. The number of pyridine rings is 2. The first-order valence-electron chi connectivity index (χ1n) is 10.6. The lowest BCUT2D eigenvalue weighted by Crippen LogP contribution is -2.49. The zero-order valence-corrected chi connectivity index (χ0v) is 17.2. The second-order valence-electron chi connectivity index (χ2n) is 8.80. The molecule has 1 amide bonds. The van der Waals surface area contributed by atoms with E-state index in [0.717, 1.165) is 12.1 Å². The number of carbonyl (C=O) groups is 1. The van der Waals surface area contributed by atoms with Crippen molar-refractivity contribution in [3.63, 3.8) is 0 Å². The van der Waals surface area contributed by atoms with Crippen molar-refractivity contribution in [1.29, 1.82) is 0 Å². The Morgan fingerprint density at radius 1 is 0.967 bits per heavy atom. The number of benzene rings is 1. The summed E-state index contributed by atoms with van der Waals surface area (Å²) < 4.78 is 3.52. The first-order valence-corrected chi connectivity index (χ1v) is 10.6. The molecule has 0 spiro atoms. The monoisotopic (exact) mass is 403 g/mol. The number of amides is 1. The third-order valence-electron chi connectivity index (χ3n) is 6.50. The number of piperidine rings is 1. The van der Waals surface area contributed by atoms with E-state index in [4.69, 9.17) is 0 Å². The summed E-state index contributed by atoms with van der Waals surface area (Å²) in [5.74, 6) is 0.391. The first-order chi connectivity index (χ1) is 14.4. The smallest absolute Gasteiger partial charge is 0.258 e. The lowest BCUT2D eigenvalue weighted by molar-refractivity contribution is 0.0595. The van der Waals surface area contributed by atoms with Gasteiger partial charge in [-0.15, -0.1) is 0 Å². The van der Waals surface area contributed by atoms with Crippen LogP contribution in [0.1, 0.15) is 48.3 Å². The van der Waals surface area contributed by atoms with Crippen molar-refractivity contribution >= 4 is 16.7 Å². The second-order valence-corrected chi connectivity index (χ2v) is 8.80. The van der Waals surface area contributed by atoms with E-state index >= 15 is 0 Å². The summed E-state index contributed by atoms with van der Waals surface area (Å²) in [4.78, 5) is 40.7. The van der Waals surface area contributed by atoms with E-state index in [0.29, 0.717) is 36.0 Å². The van der Waals surface area contributed by atoms with Crippen molar-refractivity contribution in [3.8, 4) is 0 Å². The number of fused-ring (bicyclic) bond motifs is 5. The average Bonchev–Trinajstić information content (AvgIpc) is 2.74. The van der Waals surface area contributed by atoms with Gasteiger partial charge in [0.25, 0.3) is 17.0 Å². The number of aromatic nitrogens is 2. The number of carbonyl (C=O) groups excluding carboxylic acids is 1. The quantitative estimate of drug-likeness (QED) is 0.661. The molecule has 5 rings (SSSR count). The Balaban J connectivity index is 1.57. The van der Waals surface area contributed by atoms with Crippen LogP contribution < -0.4 is 11.1 Å². The molecule has 2 unspecified atom stereocenters. The average molecular weight is 403 g/mol. The van der Waals surface area contributed by atoms with Gasteiger partial charge in [0.2, 0.25) is 0 Å². The molecule has 1 aromatic carbocycles. The van der Waals surface area contributed by atoms with Gasteiger partial charge in [-0.05, 0) is 38.3 Å². The van der Waals surface area contributed by atoms with Gasteiger partial charge in [-0.3, -0.25) is 14.4 Å². The fourth-order valence-corrected chi connectivity index (χ4v) is 5.10. The van der Waals surface area contributed by atoms with Crippen LogP contribution in [-0.2, 0) is 6.54 Å². The maximum absolute atomic E-state index is 13.7. The maximum Gasteiger partial charge on any atom is 0.258 e. The zero-order chi connectivity index (χ0) is 21.0.